The van der Waals surface area contributed by atoms with Crippen LogP contribution in [0.25, 0.3) is 0 Å². The Morgan fingerprint density at radius 2 is 2.10 bits per heavy atom. The minimum atomic E-state index is -0.731. The van der Waals surface area contributed by atoms with Crippen LogP contribution in [-0.4, -0.2) is 53.4 Å². The Balaban J connectivity index is 1.66. The van der Waals surface area contributed by atoms with Gasteiger partial charge in [-0.2, -0.15) is 0 Å². The summed E-state index contributed by atoms with van der Waals surface area (Å²) in [6.45, 7) is 4.38. The maximum atomic E-state index is 13.2. The average Bonchev–Trinajstić information content (AvgIpc) is 3.38. The molecule has 1 aromatic carbocycles. The molecular formula is C20H24N4O5. The van der Waals surface area contributed by atoms with E-state index in [2.05, 4.69) is 15.3 Å². The molecule has 9 nitrogen and oxygen atoms in total. The molecule has 29 heavy (non-hydrogen) atoms. The lowest BCUT2D eigenvalue weighted by atomic mass is 9.95. The number of urea groups is 1. The van der Waals surface area contributed by atoms with E-state index in [0.717, 1.165) is 17.0 Å². The zero-order chi connectivity index (χ0) is 20.5. The molecule has 2 aliphatic heterocycles. The van der Waals surface area contributed by atoms with Gasteiger partial charge in [0.2, 0.25) is 6.79 Å². The highest BCUT2D eigenvalue weighted by atomic mass is 16.7. The van der Waals surface area contributed by atoms with Crippen LogP contribution in [0.1, 0.15) is 36.8 Å². The number of benzene rings is 1. The number of carbonyl (C=O) groups is 2. The normalized spacial score (nSPS) is 18.3. The van der Waals surface area contributed by atoms with Crippen molar-refractivity contribution in [1.29, 1.82) is 0 Å². The molecule has 2 unspecified atom stereocenters. The molecule has 9 heteroatoms. The second-order valence-corrected chi connectivity index (χ2v) is 7.42. The Hall–Kier alpha value is -3.23. The van der Waals surface area contributed by atoms with Crippen LogP contribution in [0.4, 0.5) is 4.79 Å². The van der Waals surface area contributed by atoms with Crippen molar-refractivity contribution in [3.05, 3.63) is 41.5 Å². The minimum Gasteiger partial charge on any atom is -0.467 e. The number of amides is 2. The number of aromatic amines is 1. The summed E-state index contributed by atoms with van der Waals surface area (Å²) >= 11 is 0. The number of rotatable bonds is 4. The largest absolute Gasteiger partial charge is 0.467 e. The Kier molecular flexibility index (Phi) is 5.04. The molecule has 4 rings (SSSR count). The van der Waals surface area contributed by atoms with Crippen molar-refractivity contribution in [2.45, 2.75) is 32.4 Å². The molecule has 3 heterocycles. The zero-order valence-electron chi connectivity index (χ0n) is 16.6. The second kappa shape index (κ2) is 7.65. The van der Waals surface area contributed by atoms with Gasteiger partial charge in [0, 0.05) is 18.7 Å². The number of imidazole rings is 1. The third-order valence-corrected chi connectivity index (χ3v) is 5.30. The molecule has 2 aliphatic rings. The summed E-state index contributed by atoms with van der Waals surface area (Å²) in [5.74, 6) is 0.736. The van der Waals surface area contributed by atoms with Crippen molar-refractivity contribution in [1.82, 2.24) is 20.2 Å². The number of hydrogen-bond donors (Lipinski definition) is 2. The van der Waals surface area contributed by atoms with Gasteiger partial charge >= 0.3 is 12.0 Å². The molecule has 0 fully saturated rings. The first-order chi connectivity index (χ1) is 14.0. The molecule has 2 aromatic rings. The number of aromatic nitrogens is 2. The fourth-order valence-electron chi connectivity index (χ4n) is 3.76. The topological polar surface area (TPSA) is 106 Å². The number of carbonyl (C=O) groups excluding carboxylic acids is 2. The van der Waals surface area contributed by atoms with Crippen molar-refractivity contribution in [3.8, 4) is 11.5 Å². The third kappa shape index (κ3) is 3.48. The molecular weight excluding hydrogens is 376 g/mol. The molecule has 0 spiro atoms. The standard InChI is InChI=1S/C20H24N4O5/c1-11(2)16(19(25)27-3)23-20(26)24-7-6-13-17(22-9-21-13)18(24)12-4-5-14-15(8-12)29-10-28-14/h4-5,8-9,11,16,18H,6-7,10H2,1-3H3,(H,21,22)(H,23,26). The number of H-pyrrole nitrogens is 1. The summed E-state index contributed by atoms with van der Waals surface area (Å²) in [5.41, 5.74) is 2.63. The predicted molar refractivity (Wildman–Crippen MR) is 103 cm³/mol. The summed E-state index contributed by atoms with van der Waals surface area (Å²) in [6, 6.07) is 4.13. The molecule has 0 aliphatic carbocycles. The van der Waals surface area contributed by atoms with Crippen LogP contribution < -0.4 is 14.8 Å². The maximum Gasteiger partial charge on any atom is 0.328 e. The Morgan fingerprint density at radius 1 is 1.31 bits per heavy atom. The number of nitrogens with one attached hydrogen (secondary N) is 2. The number of methoxy groups -OCH3 is 1. The third-order valence-electron chi connectivity index (χ3n) is 5.30. The van der Waals surface area contributed by atoms with E-state index >= 15 is 0 Å². The van der Waals surface area contributed by atoms with E-state index in [1.807, 2.05) is 32.0 Å². The number of nitrogens with zero attached hydrogens (tertiary/aromatic N) is 2. The minimum absolute atomic E-state index is 0.110. The summed E-state index contributed by atoms with van der Waals surface area (Å²) in [5, 5.41) is 2.83. The molecule has 154 valence electrons. The van der Waals surface area contributed by atoms with Crippen LogP contribution in [0.2, 0.25) is 0 Å². The van der Waals surface area contributed by atoms with E-state index in [1.165, 1.54) is 7.11 Å². The lowest BCUT2D eigenvalue weighted by molar-refractivity contribution is -0.144. The number of fused-ring (bicyclic) bond motifs is 2. The summed E-state index contributed by atoms with van der Waals surface area (Å²) in [6.07, 6.45) is 2.28. The Labute approximate surface area is 168 Å². The van der Waals surface area contributed by atoms with Gasteiger partial charge < -0.3 is 29.4 Å². The van der Waals surface area contributed by atoms with Crippen molar-refractivity contribution in [3.63, 3.8) is 0 Å². The van der Waals surface area contributed by atoms with Crippen molar-refractivity contribution >= 4 is 12.0 Å². The van der Waals surface area contributed by atoms with E-state index in [4.69, 9.17) is 14.2 Å². The molecule has 2 amide bonds. The first-order valence-electron chi connectivity index (χ1n) is 9.56. The molecule has 0 saturated carbocycles. The second-order valence-electron chi connectivity index (χ2n) is 7.42. The van der Waals surface area contributed by atoms with Gasteiger partial charge in [0.05, 0.1) is 19.1 Å². The van der Waals surface area contributed by atoms with Gasteiger partial charge in [-0.05, 0) is 23.6 Å². The fraction of sp³-hybridized carbons (Fsp3) is 0.450. The van der Waals surface area contributed by atoms with Gasteiger partial charge in [-0.3, -0.25) is 0 Å². The van der Waals surface area contributed by atoms with Crippen LogP contribution in [0.3, 0.4) is 0 Å². The van der Waals surface area contributed by atoms with Gasteiger partial charge in [0.1, 0.15) is 12.1 Å². The highest BCUT2D eigenvalue weighted by Gasteiger charge is 2.37. The van der Waals surface area contributed by atoms with E-state index in [1.54, 1.807) is 11.2 Å². The van der Waals surface area contributed by atoms with Crippen molar-refractivity contribution in [2.24, 2.45) is 5.92 Å². The van der Waals surface area contributed by atoms with Gasteiger partial charge in [-0.1, -0.05) is 19.9 Å². The lowest BCUT2D eigenvalue weighted by Crippen LogP contribution is -2.53. The molecule has 2 atom stereocenters. The summed E-state index contributed by atoms with van der Waals surface area (Å²) < 4.78 is 15.8. The quantitative estimate of drug-likeness (QED) is 0.761. The van der Waals surface area contributed by atoms with Gasteiger partial charge in [0.15, 0.2) is 11.5 Å². The van der Waals surface area contributed by atoms with Crippen LogP contribution in [0, 0.1) is 5.92 Å². The zero-order valence-corrected chi connectivity index (χ0v) is 16.6. The first kappa shape index (κ1) is 19.1. The van der Waals surface area contributed by atoms with Crippen molar-refractivity contribution < 1.29 is 23.8 Å². The van der Waals surface area contributed by atoms with Gasteiger partial charge in [-0.25, -0.2) is 14.6 Å². The van der Waals surface area contributed by atoms with Gasteiger partial charge in [0.25, 0.3) is 0 Å². The number of ether oxygens (including phenoxy) is 3. The molecule has 0 radical (unpaired) electrons. The summed E-state index contributed by atoms with van der Waals surface area (Å²) in [7, 11) is 1.32. The van der Waals surface area contributed by atoms with Gasteiger partial charge in [-0.15, -0.1) is 0 Å². The Morgan fingerprint density at radius 3 is 2.86 bits per heavy atom. The lowest BCUT2D eigenvalue weighted by Gasteiger charge is -2.36. The highest BCUT2D eigenvalue weighted by Crippen LogP contribution is 2.39. The smallest absolute Gasteiger partial charge is 0.328 e. The molecule has 0 bridgehead atoms. The van der Waals surface area contributed by atoms with Crippen LogP contribution in [-0.2, 0) is 16.0 Å². The van der Waals surface area contributed by atoms with Crippen molar-refractivity contribution in [2.75, 3.05) is 20.4 Å². The van der Waals surface area contributed by atoms with Crippen LogP contribution >= 0.6 is 0 Å². The molecule has 0 saturated heterocycles. The molecule has 2 N–H and O–H groups in total. The van der Waals surface area contributed by atoms with E-state index in [0.29, 0.717) is 24.5 Å². The number of hydrogen-bond acceptors (Lipinski definition) is 6. The van der Waals surface area contributed by atoms with E-state index in [-0.39, 0.29) is 18.7 Å². The SMILES string of the molecule is COC(=O)C(NC(=O)N1CCc2[nH]cnc2C1c1ccc2c(c1)OCO2)C(C)C. The Bertz CT molecular complexity index is 925. The number of esters is 1. The molecule has 1 aromatic heterocycles. The first-order valence-corrected chi connectivity index (χ1v) is 9.56. The average molecular weight is 400 g/mol. The predicted octanol–water partition coefficient (Wildman–Crippen LogP) is 1.99. The van der Waals surface area contributed by atoms with E-state index in [9.17, 15) is 9.59 Å². The summed E-state index contributed by atoms with van der Waals surface area (Å²) in [4.78, 5) is 34.6. The van der Waals surface area contributed by atoms with Crippen LogP contribution in [0.15, 0.2) is 24.5 Å². The maximum absolute atomic E-state index is 13.2. The monoisotopic (exact) mass is 400 g/mol. The van der Waals surface area contributed by atoms with Crippen LogP contribution in [0.5, 0.6) is 11.5 Å². The fourth-order valence-corrected chi connectivity index (χ4v) is 3.76. The highest BCUT2D eigenvalue weighted by molar-refractivity contribution is 5.84. The van der Waals surface area contributed by atoms with E-state index < -0.39 is 18.1 Å².